The second-order valence-corrected chi connectivity index (χ2v) is 49.2. The van der Waals surface area contributed by atoms with Gasteiger partial charge >= 0.3 is 591 Å². The molecule has 6 aliphatic heterocycles. The summed E-state index contributed by atoms with van der Waals surface area (Å²) in [5, 5.41) is 4.44. The van der Waals surface area contributed by atoms with Crippen LogP contribution in [-0.4, -0.2) is 64.7 Å². The first-order chi connectivity index (χ1) is 46.2. The van der Waals surface area contributed by atoms with Gasteiger partial charge in [0.05, 0.1) is 0 Å². The Morgan fingerprint density at radius 3 is 1.07 bits per heavy atom. The van der Waals surface area contributed by atoms with Gasteiger partial charge in [-0.2, -0.15) is 0 Å². The first kappa shape index (κ1) is 71.6. The van der Waals surface area contributed by atoms with Crippen molar-refractivity contribution in [3.05, 3.63) is 128 Å². The van der Waals surface area contributed by atoms with Gasteiger partial charge in [-0.15, -0.1) is 0 Å². The molecular formula is C84H126N8O2Si3. The van der Waals surface area contributed by atoms with Gasteiger partial charge in [-0.25, -0.2) is 0 Å². The van der Waals surface area contributed by atoms with Crippen LogP contribution in [-0.2, 0) is 29.9 Å². The van der Waals surface area contributed by atoms with Crippen LogP contribution in [0.15, 0.2) is 92.8 Å². The van der Waals surface area contributed by atoms with Crippen molar-refractivity contribution in [2.75, 3.05) is 0 Å². The molecule has 12 rings (SSSR count). The van der Waals surface area contributed by atoms with Gasteiger partial charge < -0.3 is 0 Å². The summed E-state index contributed by atoms with van der Waals surface area (Å²) in [5.41, 5.74) is 10.7. The number of rotatable bonds is 34. The Labute approximate surface area is 587 Å². The minimum atomic E-state index is -7.25. The van der Waals surface area contributed by atoms with Crippen LogP contribution in [0.1, 0.15) is 323 Å². The van der Waals surface area contributed by atoms with E-state index >= 15 is 0 Å². The first-order valence-corrected chi connectivity index (χ1v) is 47.3. The topological polar surface area (TPSA) is 83.8 Å². The van der Waals surface area contributed by atoms with E-state index in [1.165, 1.54) is 138 Å². The van der Waals surface area contributed by atoms with Crippen molar-refractivity contribution >= 4 is 80.9 Å². The summed E-state index contributed by atoms with van der Waals surface area (Å²) < 4.78 is 32.7. The van der Waals surface area contributed by atoms with Gasteiger partial charge in [0.25, 0.3) is 0 Å². The van der Waals surface area contributed by atoms with Gasteiger partial charge in [0.1, 0.15) is 0 Å². The van der Waals surface area contributed by atoms with E-state index in [2.05, 4.69) is 214 Å². The van der Waals surface area contributed by atoms with E-state index in [1.807, 2.05) is 0 Å². The van der Waals surface area contributed by atoms with Crippen LogP contribution in [0, 0.1) is 0 Å². The number of unbranched alkanes of at least 4 members (excludes halogenated alkanes) is 18. The molecule has 8 heterocycles. The summed E-state index contributed by atoms with van der Waals surface area (Å²) in [4.78, 5) is 26.0. The van der Waals surface area contributed by atoms with Crippen molar-refractivity contribution in [3.8, 4) is 0 Å². The number of nitrogens with zero attached hydrogens (tertiary/aromatic N) is 8. The number of aromatic nitrogens is 2. The summed E-state index contributed by atoms with van der Waals surface area (Å²) in [7, 11) is -13.9. The quantitative estimate of drug-likeness (QED) is 0.0298. The zero-order valence-corrected chi connectivity index (χ0v) is 67.0. The molecule has 0 N–H and O–H groups in total. The van der Waals surface area contributed by atoms with Crippen LogP contribution in [0.5, 0.6) is 0 Å². The fourth-order valence-electron chi connectivity index (χ4n) is 18.3. The van der Waals surface area contributed by atoms with Gasteiger partial charge in [-0.1, -0.05) is 0 Å². The fraction of sp³-hybridized carbons (Fsp3) is 0.619. The van der Waals surface area contributed by atoms with Gasteiger partial charge in [0.15, 0.2) is 0 Å². The predicted molar refractivity (Wildman–Crippen MR) is 419 cm³/mol. The number of hydrogen-bond donors (Lipinski definition) is 0. The molecule has 0 aliphatic carbocycles. The van der Waals surface area contributed by atoms with Crippen molar-refractivity contribution in [2.24, 2.45) is 20.0 Å². The average Bonchev–Trinajstić information content (AvgIpc) is 1.50. The Balaban J connectivity index is 1.45. The van der Waals surface area contributed by atoms with Crippen LogP contribution < -0.4 is 11.0 Å². The fourth-order valence-corrected chi connectivity index (χ4v) is 44.9. The SMILES string of the molecule is CCCCCC[Si](CCCCCC)(CCCCCC)O[Si-2]123(O[Si](CCCCCC)(CCCCCC)CCCCCC)n4c5c6cc(C(C)(C)C)ccc6c4N=C4c6cc(C(C)(C)C)ccc6C(=[N+]41)N=c1c4cc(C(C)(C)C)ccc4c(n12)=NC1=[N+]3C(=N5)c2ccc(C(C)(C)C)cc21. The van der Waals surface area contributed by atoms with E-state index in [-0.39, 0.29) is 21.7 Å². The third-order valence-corrected chi connectivity index (χ3v) is 43.9. The molecule has 0 saturated carbocycles. The van der Waals surface area contributed by atoms with Gasteiger partial charge in [0, 0.05) is 0 Å². The number of amidine groups is 4. The molecule has 13 heteroatoms. The summed E-state index contributed by atoms with van der Waals surface area (Å²) >= 11 is 0. The zero-order valence-electron chi connectivity index (χ0n) is 64.0. The Bertz CT molecular complexity index is 4170. The second-order valence-electron chi connectivity index (χ2n) is 35.3. The van der Waals surface area contributed by atoms with E-state index < -0.39 is 24.4 Å². The molecular weight excluding hydrogens is 1240 g/mol. The maximum atomic E-state index is 10.7. The Morgan fingerprint density at radius 1 is 0.330 bits per heavy atom. The molecule has 0 amide bonds. The molecule has 0 atom stereocenters. The van der Waals surface area contributed by atoms with Crippen LogP contribution >= 0.6 is 0 Å². The molecule has 97 heavy (non-hydrogen) atoms. The molecule has 0 bridgehead atoms. The summed E-state index contributed by atoms with van der Waals surface area (Å²) in [5.74, 6) is 5.48. The predicted octanol–water partition coefficient (Wildman–Crippen LogP) is 22.9. The van der Waals surface area contributed by atoms with Gasteiger partial charge in [-0.3, -0.25) is 0 Å². The number of hydrogen-bond acceptors (Lipinski definition) is 6. The molecule has 6 aromatic rings. The minimum absolute atomic E-state index is 0.165. The van der Waals surface area contributed by atoms with Crippen LogP contribution in [0.25, 0.3) is 21.5 Å². The van der Waals surface area contributed by atoms with Crippen LogP contribution in [0.4, 0.5) is 11.6 Å². The monoisotopic (exact) mass is 1360 g/mol. The van der Waals surface area contributed by atoms with Crippen LogP contribution in [0.2, 0.25) is 36.3 Å². The van der Waals surface area contributed by atoms with Gasteiger partial charge in [0.2, 0.25) is 0 Å². The Morgan fingerprint density at radius 2 is 0.660 bits per heavy atom. The normalized spacial score (nSPS) is 17.7. The molecule has 1 spiro atoms. The van der Waals surface area contributed by atoms with E-state index in [9.17, 15) is 8.23 Å². The average molecular weight is 1360 g/mol. The second kappa shape index (κ2) is 26.6. The van der Waals surface area contributed by atoms with E-state index in [0.717, 1.165) is 165 Å². The standard InChI is InChI=1S/C84H126N8O2Si3/c1-19-25-31-37-51-95(52-38-32-26-20-2,53-39-33-27-21-3)93-97(94-96(54-40-34-28-22-4,55-41-35-29-23-5)56-42-36-30-24-6)89-73-65-47-43-61(81(7,8)9)57-69(65)77(89)85-74-66-48-44-62(82(10,11)12)58-70(66)79(90(74)97)87-76-68-50-46-64(84(16,17)18)60-72(68)80(92(76)97)88-75-67-49-45-63(83(13,14)15)59-71(67)78(86-73)91(75)97/h43-50,57-60H,19-42,51-56H2,1-18H3. The summed E-state index contributed by atoms with van der Waals surface area (Å²) in [6.07, 6.45) is 28.1. The molecule has 6 aliphatic rings. The van der Waals surface area contributed by atoms with E-state index in [4.69, 9.17) is 20.0 Å². The van der Waals surface area contributed by atoms with Crippen molar-refractivity contribution in [1.82, 2.24) is 8.47 Å². The summed E-state index contributed by atoms with van der Waals surface area (Å²) in [6, 6.07) is 35.8. The molecule has 2 aromatic heterocycles. The van der Waals surface area contributed by atoms with Crippen molar-refractivity contribution in [2.45, 2.75) is 337 Å². The van der Waals surface area contributed by atoms with Gasteiger partial charge in [-0.05, 0) is 0 Å². The third-order valence-electron chi connectivity index (χ3n) is 23.7. The first-order valence-electron chi connectivity index (χ1n) is 39.6. The number of aliphatic imine (C=N–C) groups is 2. The number of fused-ring (bicyclic) bond motifs is 12. The molecule has 4 aromatic carbocycles. The zero-order chi connectivity index (χ0) is 69.2. The molecule has 526 valence electrons. The summed E-state index contributed by atoms with van der Waals surface area (Å²) in [6.45, 7) is 42.9. The molecule has 0 fully saturated rings. The van der Waals surface area contributed by atoms with Crippen molar-refractivity contribution in [3.63, 3.8) is 0 Å². The van der Waals surface area contributed by atoms with Crippen molar-refractivity contribution < 1.29 is 16.7 Å². The Hall–Kier alpha value is -5.19. The van der Waals surface area contributed by atoms with E-state index in [1.54, 1.807) is 0 Å². The maximum absolute atomic E-state index is 10.7. The Kier molecular flexibility index (Phi) is 19.7. The number of benzene rings is 4. The molecule has 0 radical (unpaired) electrons. The van der Waals surface area contributed by atoms with Crippen molar-refractivity contribution in [1.29, 1.82) is 0 Å². The van der Waals surface area contributed by atoms with Crippen LogP contribution in [0.3, 0.4) is 0 Å². The molecule has 0 saturated heterocycles. The molecule has 0 unspecified atom stereocenters. The molecule has 10 nitrogen and oxygen atoms in total. The van der Waals surface area contributed by atoms with E-state index in [0.29, 0.717) is 0 Å². The third kappa shape index (κ3) is 11.6.